The topological polar surface area (TPSA) is 49.8 Å². The average Bonchev–Trinajstić information content (AvgIpc) is 2.86. The minimum atomic E-state index is -0.395. The summed E-state index contributed by atoms with van der Waals surface area (Å²) < 4.78 is 6.02. The molecule has 1 aromatic rings. The number of piperidine rings is 1. The van der Waals surface area contributed by atoms with Crippen molar-refractivity contribution in [3.63, 3.8) is 0 Å². The van der Waals surface area contributed by atoms with Crippen LogP contribution in [0.15, 0.2) is 30.9 Å². The summed E-state index contributed by atoms with van der Waals surface area (Å²) in [6, 6.07) is 6.65. The van der Waals surface area contributed by atoms with Crippen LogP contribution < -0.4 is 0 Å². The fourth-order valence-electron chi connectivity index (χ4n) is 4.10. The Bertz CT molecular complexity index is 603. The zero-order valence-electron chi connectivity index (χ0n) is 13.8. The van der Waals surface area contributed by atoms with E-state index >= 15 is 0 Å². The van der Waals surface area contributed by atoms with Gasteiger partial charge in [0.25, 0.3) is 0 Å². The van der Waals surface area contributed by atoms with Crippen LogP contribution in [0.4, 0.5) is 0 Å². The maximum Gasteiger partial charge on any atom is 0.248 e. The molecular weight excluding hydrogens is 290 g/mol. The third-order valence-electron chi connectivity index (χ3n) is 5.33. The number of carbonyl (C=O) groups excluding carboxylic acids is 1. The van der Waals surface area contributed by atoms with Gasteiger partial charge in [-0.25, -0.2) is 0 Å². The Hall–Kier alpha value is -1.65. The second kappa shape index (κ2) is 6.46. The number of aliphatic hydroxyl groups excluding tert-OH is 1. The number of carbonyl (C=O) groups is 1. The Morgan fingerprint density at radius 2 is 2.22 bits per heavy atom. The number of rotatable bonds is 4. The molecule has 1 unspecified atom stereocenters. The van der Waals surface area contributed by atoms with Crippen molar-refractivity contribution >= 4 is 5.91 Å². The van der Waals surface area contributed by atoms with Gasteiger partial charge in [0.05, 0.1) is 12.7 Å². The Labute approximate surface area is 137 Å². The van der Waals surface area contributed by atoms with Gasteiger partial charge in [-0.05, 0) is 37.3 Å². The lowest BCUT2D eigenvalue weighted by Gasteiger charge is -2.40. The van der Waals surface area contributed by atoms with Crippen LogP contribution in [0.3, 0.4) is 0 Å². The summed E-state index contributed by atoms with van der Waals surface area (Å²) in [5, 5.41) is 9.05. The third-order valence-corrected chi connectivity index (χ3v) is 5.33. The van der Waals surface area contributed by atoms with E-state index < -0.39 is 6.61 Å². The molecular formula is C19H25NO3. The van der Waals surface area contributed by atoms with Gasteiger partial charge < -0.3 is 14.7 Å². The second-order valence-electron chi connectivity index (χ2n) is 6.72. The van der Waals surface area contributed by atoms with Crippen LogP contribution in [0.25, 0.3) is 0 Å². The van der Waals surface area contributed by atoms with Gasteiger partial charge >= 0.3 is 0 Å². The van der Waals surface area contributed by atoms with Gasteiger partial charge in [0.15, 0.2) is 0 Å². The lowest BCUT2D eigenvalue weighted by Crippen LogP contribution is -2.45. The van der Waals surface area contributed by atoms with Gasteiger partial charge in [-0.1, -0.05) is 29.8 Å². The molecule has 1 aliphatic heterocycles. The summed E-state index contributed by atoms with van der Waals surface area (Å²) in [5.41, 5.74) is 4.03. The van der Waals surface area contributed by atoms with Gasteiger partial charge in [0.2, 0.25) is 5.91 Å². The standard InChI is InChI=1S/C19H25NO3/c1-3-10-23-17-12-19(16-5-4-14(2)11-15(16)17)6-8-20(9-7-19)18(22)13-21/h3-5,11,17,21H,1,6-10,12-13H2,2H3. The number of aliphatic hydroxyl groups is 1. The van der Waals surface area contributed by atoms with Crippen molar-refractivity contribution in [2.45, 2.75) is 37.7 Å². The first-order chi connectivity index (χ1) is 11.1. The Kier molecular flexibility index (Phi) is 4.55. The van der Waals surface area contributed by atoms with Crippen molar-refractivity contribution < 1.29 is 14.6 Å². The van der Waals surface area contributed by atoms with Crippen molar-refractivity contribution in [3.8, 4) is 0 Å². The molecule has 1 atom stereocenters. The first kappa shape index (κ1) is 16.2. The number of benzene rings is 1. The van der Waals surface area contributed by atoms with E-state index in [4.69, 9.17) is 9.84 Å². The number of nitrogens with zero attached hydrogens (tertiary/aromatic N) is 1. The normalized spacial score (nSPS) is 22.2. The molecule has 1 spiro atoms. The number of hydrogen-bond acceptors (Lipinski definition) is 3. The third kappa shape index (κ3) is 2.93. The minimum Gasteiger partial charge on any atom is -0.387 e. The van der Waals surface area contributed by atoms with Crippen molar-refractivity contribution in [1.29, 1.82) is 0 Å². The SMILES string of the molecule is C=CCOC1CC2(CCN(C(=O)CO)CC2)c2ccc(C)cc21. The summed E-state index contributed by atoms with van der Waals surface area (Å²) in [6.07, 6.45) is 4.75. The first-order valence-corrected chi connectivity index (χ1v) is 8.32. The zero-order chi connectivity index (χ0) is 16.4. The molecule has 0 saturated carbocycles. The first-order valence-electron chi connectivity index (χ1n) is 8.32. The van der Waals surface area contributed by atoms with E-state index in [2.05, 4.69) is 31.7 Å². The molecule has 1 amide bonds. The highest BCUT2D eigenvalue weighted by molar-refractivity contribution is 5.77. The van der Waals surface area contributed by atoms with Gasteiger partial charge in [-0.2, -0.15) is 0 Å². The number of aryl methyl sites for hydroxylation is 1. The number of amides is 1. The molecule has 1 saturated heterocycles. The maximum atomic E-state index is 11.7. The summed E-state index contributed by atoms with van der Waals surface area (Å²) in [4.78, 5) is 13.5. The van der Waals surface area contributed by atoms with E-state index in [-0.39, 0.29) is 17.4 Å². The van der Waals surface area contributed by atoms with Crippen LogP contribution in [0.5, 0.6) is 0 Å². The summed E-state index contributed by atoms with van der Waals surface area (Å²) >= 11 is 0. The fraction of sp³-hybridized carbons (Fsp3) is 0.526. The molecule has 1 N–H and O–H groups in total. The lowest BCUT2D eigenvalue weighted by molar-refractivity contribution is -0.135. The Balaban J connectivity index is 1.84. The fourth-order valence-corrected chi connectivity index (χ4v) is 4.10. The molecule has 0 radical (unpaired) electrons. The van der Waals surface area contributed by atoms with Crippen LogP contribution in [-0.2, 0) is 14.9 Å². The smallest absolute Gasteiger partial charge is 0.248 e. The van der Waals surface area contributed by atoms with Gasteiger partial charge in [0, 0.05) is 18.5 Å². The zero-order valence-corrected chi connectivity index (χ0v) is 13.8. The van der Waals surface area contributed by atoms with E-state index in [1.54, 1.807) is 11.0 Å². The number of likely N-dealkylation sites (tertiary alicyclic amines) is 1. The molecule has 124 valence electrons. The Morgan fingerprint density at radius 1 is 1.48 bits per heavy atom. The molecule has 0 bridgehead atoms. The molecule has 1 fully saturated rings. The van der Waals surface area contributed by atoms with Crippen LogP contribution in [0.2, 0.25) is 0 Å². The van der Waals surface area contributed by atoms with E-state index in [0.717, 1.165) is 19.3 Å². The molecule has 1 aliphatic carbocycles. The van der Waals surface area contributed by atoms with E-state index in [1.807, 2.05) is 0 Å². The summed E-state index contributed by atoms with van der Waals surface area (Å²) in [7, 11) is 0. The quantitative estimate of drug-likeness (QED) is 0.869. The molecule has 4 heteroatoms. The minimum absolute atomic E-state index is 0.0983. The van der Waals surface area contributed by atoms with Crippen LogP contribution in [0.1, 0.15) is 42.1 Å². The summed E-state index contributed by atoms with van der Waals surface area (Å²) in [5.74, 6) is -0.165. The van der Waals surface area contributed by atoms with Crippen molar-refractivity contribution in [2.24, 2.45) is 0 Å². The van der Waals surface area contributed by atoms with Gasteiger partial charge in [-0.3, -0.25) is 4.79 Å². The molecule has 1 heterocycles. The van der Waals surface area contributed by atoms with E-state index in [1.165, 1.54) is 16.7 Å². The summed E-state index contributed by atoms with van der Waals surface area (Å²) in [6.45, 7) is 7.44. The molecule has 23 heavy (non-hydrogen) atoms. The maximum absolute atomic E-state index is 11.7. The molecule has 4 nitrogen and oxygen atoms in total. The van der Waals surface area contributed by atoms with Gasteiger partial charge in [0.1, 0.15) is 6.61 Å². The Morgan fingerprint density at radius 3 is 2.87 bits per heavy atom. The highest BCUT2D eigenvalue weighted by atomic mass is 16.5. The lowest BCUT2D eigenvalue weighted by atomic mass is 9.73. The van der Waals surface area contributed by atoms with E-state index in [9.17, 15) is 4.79 Å². The van der Waals surface area contributed by atoms with E-state index in [0.29, 0.717) is 19.7 Å². The second-order valence-corrected chi connectivity index (χ2v) is 6.72. The largest absolute Gasteiger partial charge is 0.387 e. The molecule has 2 aliphatic rings. The highest BCUT2D eigenvalue weighted by Crippen LogP contribution is 2.52. The van der Waals surface area contributed by atoms with Crippen molar-refractivity contribution in [2.75, 3.05) is 26.3 Å². The average molecular weight is 315 g/mol. The predicted molar refractivity (Wildman–Crippen MR) is 89.3 cm³/mol. The molecule has 0 aromatic heterocycles. The van der Waals surface area contributed by atoms with Crippen molar-refractivity contribution in [1.82, 2.24) is 4.90 Å². The number of ether oxygens (including phenoxy) is 1. The van der Waals surface area contributed by atoms with Crippen LogP contribution >= 0.6 is 0 Å². The van der Waals surface area contributed by atoms with Crippen LogP contribution in [-0.4, -0.2) is 42.2 Å². The molecule has 3 rings (SSSR count). The van der Waals surface area contributed by atoms with Crippen LogP contribution in [0, 0.1) is 6.92 Å². The number of fused-ring (bicyclic) bond motifs is 2. The van der Waals surface area contributed by atoms with Gasteiger partial charge in [-0.15, -0.1) is 6.58 Å². The monoisotopic (exact) mass is 315 g/mol. The highest BCUT2D eigenvalue weighted by Gasteiger charge is 2.46. The van der Waals surface area contributed by atoms with Crippen molar-refractivity contribution in [3.05, 3.63) is 47.5 Å². The molecule has 1 aromatic carbocycles. The number of hydrogen-bond donors (Lipinski definition) is 1. The predicted octanol–water partition coefficient (Wildman–Crippen LogP) is 2.49.